The SMILES string of the molecule is C[Si](C)=[Zr]([Cl])[Cl].Cc1cc(C)cc(-c2c(C)c(C)cc3[cH-]c(-c4ccc([Si](C)(C)C)o4)cc23)c1.Cc1cc(C)cc(-c2c(C)c(C)cc3[cH-]c(-c4ccc([Si](C)(C)C)o4)cc23)c1. The molecular weight excluding hydrogens is 927 g/mol. The van der Waals surface area contributed by atoms with Gasteiger partial charge in [0.2, 0.25) is 0 Å². The molecule has 8 rings (SSSR count). The number of halogens is 2. The molecule has 0 saturated heterocycles. The van der Waals surface area contributed by atoms with E-state index in [-0.39, 0.29) is 5.43 Å². The van der Waals surface area contributed by atoms with Crippen LogP contribution in [0.15, 0.2) is 106 Å². The fourth-order valence-electron chi connectivity index (χ4n) is 8.26. The summed E-state index contributed by atoms with van der Waals surface area (Å²) in [5, 5.41) is 7.53. The van der Waals surface area contributed by atoms with Crippen LogP contribution >= 0.6 is 17.0 Å². The first kappa shape index (κ1) is 48.2. The van der Waals surface area contributed by atoms with Crippen LogP contribution in [0, 0.1) is 55.4 Å². The van der Waals surface area contributed by atoms with Gasteiger partial charge in [0.05, 0.1) is 22.3 Å². The van der Waals surface area contributed by atoms with E-state index in [4.69, 9.17) is 25.9 Å². The van der Waals surface area contributed by atoms with Crippen molar-refractivity contribution in [2.75, 3.05) is 0 Å². The molecule has 8 aromatic rings. The van der Waals surface area contributed by atoms with Gasteiger partial charge < -0.3 is 8.83 Å². The largest absolute Gasteiger partial charge is 0.501 e. The van der Waals surface area contributed by atoms with E-state index in [1.165, 1.54) is 99.4 Å². The van der Waals surface area contributed by atoms with Crippen molar-refractivity contribution in [3.8, 4) is 44.9 Å². The zero-order chi connectivity index (χ0) is 45.6. The topological polar surface area (TPSA) is 26.3 Å². The number of fused-ring (bicyclic) bond motifs is 2. The van der Waals surface area contributed by atoms with E-state index in [0.717, 1.165) is 22.3 Å². The summed E-state index contributed by atoms with van der Waals surface area (Å²) in [7, 11) is 8.35. The molecule has 0 aliphatic rings. The molecule has 0 atom stereocenters. The van der Waals surface area contributed by atoms with E-state index in [2.05, 4.69) is 205 Å². The maximum absolute atomic E-state index is 6.27. The standard InChI is InChI=1S/2C26H29OSi.C2H6Si.2ClH.Zr/c2*1-16-10-17(2)12-22(11-16)26-19(4)18(3)13-20-14-21(15-23(20)26)24-8-9-25(27-24)28(5,6)7;1-3-2;;;/h2*8-15H,1-7H3;1-2H3;2*1H;/q2*-1;;;;+2/p-2. The van der Waals surface area contributed by atoms with E-state index in [1.807, 2.05) is 0 Å². The van der Waals surface area contributed by atoms with Crippen molar-refractivity contribution in [3.63, 3.8) is 0 Å². The second kappa shape index (κ2) is 19.1. The summed E-state index contributed by atoms with van der Waals surface area (Å²) >= 11 is -1.65. The maximum atomic E-state index is 6.27. The zero-order valence-corrected chi connectivity index (χ0v) is 46.8. The summed E-state index contributed by atoms with van der Waals surface area (Å²) in [5.74, 6) is 1.96. The number of hydrogen-bond acceptors (Lipinski definition) is 2. The third kappa shape index (κ3) is 11.0. The first-order chi connectivity index (χ1) is 28.9. The minimum atomic E-state index is -1.65. The summed E-state index contributed by atoms with van der Waals surface area (Å²) in [4.78, 5) is 0. The van der Waals surface area contributed by atoms with Crippen LogP contribution < -0.4 is 10.8 Å². The Hall–Kier alpha value is -3.23. The van der Waals surface area contributed by atoms with Crippen LogP contribution in [-0.4, -0.2) is 21.6 Å². The van der Waals surface area contributed by atoms with E-state index in [1.54, 1.807) is 0 Å². The Morgan fingerprint density at radius 2 is 0.806 bits per heavy atom. The molecule has 0 saturated carbocycles. The van der Waals surface area contributed by atoms with Gasteiger partial charge in [-0.05, 0) is 89.8 Å². The van der Waals surface area contributed by atoms with E-state index in [0.29, 0.717) is 0 Å². The number of hydrogen-bond donors (Lipinski definition) is 0. The Morgan fingerprint density at radius 3 is 1.08 bits per heavy atom. The van der Waals surface area contributed by atoms with Gasteiger partial charge in [-0.1, -0.05) is 143 Å². The molecule has 0 N–H and O–H groups in total. The summed E-state index contributed by atoms with van der Waals surface area (Å²) in [5.41, 5.74) is 18.1. The van der Waals surface area contributed by atoms with Crippen LogP contribution in [0.5, 0.6) is 0 Å². The molecule has 62 heavy (non-hydrogen) atoms. The van der Waals surface area contributed by atoms with Gasteiger partial charge in [0.25, 0.3) is 0 Å². The predicted molar refractivity (Wildman–Crippen MR) is 278 cm³/mol. The third-order valence-electron chi connectivity index (χ3n) is 11.7. The van der Waals surface area contributed by atoms with Crippen LogP contribution in [0.25, 0.3) is 66.4 Å². The van der Waals surface area contributed by atoms with Gasteiger partial charge in [-0.15, -0.1) is 57.9 Å². The van der Waals surface area contributed by atoms with Crippen molar-refractivity contribution < 1.29 is 26.8 Å². The summed E-state index contributed by atoms with van der Waals surface area (Å²) < 4.78 is 12.5. The van der Waals surface area contributed by atoms with Crippen molar-refractivity contribution >= 4 is 70.9 Å². The van der Waals surface area contributed by atoms with Gasteiger partial charge in [-0.3, -0.25) is 0 Å². The molecule has 2 nitrogen and oxygen atoms in total. The van der Waals surface area contributed by atoms with Crippen molar-refractivity contribution in [2.45, 2.75) is 108 Å². The first-order valence-electron chi connectivity index (χ1n) is 21.7. The molecule has 324 valence electrons. The Morgan fingerprint density at radius 1 is 0.484 bits per heavy atom. The van der Waals surface area contributed by atoms with Crippen LogP contribution in [0.1, 0.15) is 44.5 Å². The van der Waals surface area contributed by atoms with Crippen molar-refractivity contribution in [1.82, 2.24) is 0 Å². The fraction of sp³-hybridized carbons (Fsp3) is 0.296. The van der Waals surface area contributed by atoms with Gasteiger partial charge in [0.1, 0.15) is 16.1 Å². The molecule has 0 amide bonds. The van der Waals surface area contributed by atoms with Gasteiger partial charge in [-0.2, -0.15) is 0 Å². The molecule has 2 aromatic heterocycles. The normalized spacial score (nSPS) is 11.7. The molecule has 0 fully saturated rings. The molecule has 2 heterocycles. The molecule has 0 spiro atoms. The minimum Gasteiger partial charge on any atom is -0.501 e. The zero-order valence-electron chi connectivity index (χ0n) is 39.8. The average molecular weight is 991 g/mol. The number of aryl methyl sites for hydroxylation is 6. The Balaban J connectivity index is 0.000000183. The molecule has 0 bridgehead atoms. The van der Waals surface area contributed by atoms with Crippen LogP contribution in [0.3, 0.4) is 0 Å². The minimum absolute atomic E-state index is 0.224. The summed E-state index contributed by atoms with van der Waals surface area (Å²) in [6.45, 7) is 35.9. The monoisotopic (exact) mass is 988 g/mol. The van der Waals surface area contributed by atoms with Crippen LogP contribution in [-0.2, 0) is 18.0 Å². The average Bonchev–Trinajstić information content (AvgIpc) is 3.98. The van der Waals surface area contributed by atoms with Gasteiger partial charge in [0, 0.05) is 0 Å². The third-order valence-corrected chi connectivity index (χ3v) is 35.0. The van der Waals surface area contributed by atoms with Crippen molar-refractivity contribution in [3.05, 3.63) is 142 Å². The van der Waals surface area contributed by atoms with Crippen LogP contribution in [0.2, 0.25) is 52.4 Å². The predicted octanol–water partition coefficient (Wildman–Crippen LogP) is 16.7. The molecule has 0 aliphatic carbocycles. The van der Waals surface area contributed by atoms with Crippen molar-refractivity contribution in [2.24, 2.45) is 0 Å². The molecular formula is C54H64Cl2O2Si3Zr-2. The molecule has 0 unspecified atom stereocenters. The van der Waals surface area contributed by atoms with Crippen molar-refractivity contribution in [1.29, 1.82) is 0 Å². The smallest absolute Gasteiger partial charge is 0.122 e. The Bertz CT molecular complexity index is 2710. The van der Waals surface area contributed by atoms with Gasteiger partial charge in [-0.25, -0.2) is 0 Å². The van der Waals surface area contributed by atoms with E-state index >= 15 is 0 Å². The number of furan rings is 2. The van der Waals surface area contributed by atoms with E-state index in [9.17, 15) is 0 Å². The quantitative estimate of drug-likeness (QED) is 0.123. The van der Waals surface area contributed by atoms with Gasteiger partial charge in [0.15, 0.2) is 0 Å². The summed E-state index contributed by atoms with van der Waals surface area (Å²) in [6, 6.07) is 36.1. The van der Waals surface area contributed by atoms with E-state index < -0.39 is 34.1 Å². The number of benzene rings is 4. The van der Waals surface area contributed by atoms with Crippen LogP contribution in [0.4, 0.5) is 0 Å². The molecule has 0 aliphatic heterocycles. The second-order valence-corrected chi connectivity index (χ2v) is 52.7. The molecule has 0 radical (unpaired) electrons. The van der Waals surface area contributed by atoms with Gasteiger partial charge >= 0.3 is 53.5 Å². The second-order valence-electron chi connectivity index (χ2n) is 19.7. The fourth-order valence-corrected chi connectivity index (χ4v) is 10.3. The number of rotatable bonds is 6. The first-order valence-corrected chi connectivity index (χ1v) is 41.2. The Labute approximate surface area is 388 Å². The molecule has 8 heteroatoms. The maximum Gasteiger partial charge on any atom is 0.122 e. The summed E-state index contributed by atoms with van der Waals surface area (Å²) in [6.07, 6.45) is 0. The Kier molecular flexibility index (Phi) is 14.8. The molecule has 6 aromatic carbocycles.